The van der Waals surface area contributed by atoms with Gasteiger partial charge in [0.25, 0.3) is 0 Å². The number of aromatic hydroxyl groups is 1. The quantitative estimate of drug-likeness (QED) is 0.302. The highest BCUT2D eigenvalue weighted by molar-refractivity contribution is 6.00. The first kappa shape index (κ1) is 23.0. The lowest BCUT2D eigenvalue weighted by molar-refractivity contribution is -0.135. The fourth-order valence-corrected chi connectivity index (χ4v) is 4.19. The molecule has 4 N–H and O–H groups in total. The number of ether oxygens (including phenoxy) is 1. The average molecular weight is 485 g/mol. The number of urea groups is 1. The zero-order chi connectivity index (χ0) is 25.1. The van der Waals surface area contributed by atoms with E-state index in [1.54, 1.807) is 36.5 Å². The van der Waals surface area contributed by atoms with Crippen molar-refractivity contribution in [1.29, 1.82) is 0 Å². The highest BCUT2D eigenvalue weighted by Crippen LogP contribution is 2.33. The van der Waals surface area contributed by atoms with Crippen molar-refractivity contribution < 1.29 is 24.2 Å². The van der Waals surface area contributed by atoms with Crippen LogP contribution in [-0.4, -0.2) is 27.5 Å². The van der Waals surface area contributed by atoms with Gasteiger partial charge in [-0.1, -0.05) is 30.3 Å². The molecule has 4 aromatic rings. The Kier molecular flexibility index (Phi) is 6.27. The van der Waals surface area contributed by atoms with Crippen LogP contribution in [0.5, 0.6) is 17.4 Å². The van der Waals surface area contributed by atoms with Crippen LogP contribution < -0.4 is 20.7 Å². The second-order valence-electron chi connectivity index (χ2n) is 8.50. The predicted molar refractivity (Wildman–Crippen MR) is 134 cm³/mol. The highest BCUT2D eigenvalue weighted by Gasteiger charge is 2.30. The maximum absolute atomic E-state index is 12.5. The lowest BCUT2D eigenvalue weighted by Crippen LogP contribution is -2.41. The normalized spacial score (nSPS) is 15.4. The largest absolute Gasteiger partial charge is 0.494 e. The fraction of sp³-hybridized carbons (Fsp3) is 0.148. The minimum Gasteiger partial charge on any atom is -0.494 e. The minimum atomic E-state index is -0.649. The van der Waals surface area contributed by atoms with Crippen LogP contribution in [0.25, 0.3) is 10.8 Å². The summed E-state index contributed by atoms with van der Waals surface area (Å²) < 4.78 is 7.29. The number of hydrogen-bond donors (Lipinski definition) is 4. The van der Waals surface area contributed by atoms with Crippen LogP contribution in [0.3, 0.4) is 0 Å². The highest BCUT2D eigenvalue weighted by atomic mass is 16.5. The average Bonchev–Trinajstić information content (AvgIpc) is 3.19. The van der Waals surface area contributed by atoms with Crippen LogP contribution in [0.4, 0.5) is 10.5 Å². The Morgan fingerprint density at radius 3 is 2.64 bits per heavy atom. The zero-order valence-corrected chi connectivity index (χ0v) is 19.2. The molecule has 1 saturated heterocycles. The summed E-state index contributed by atoms with van der Waals surface area (Å²) in [4.78, 5) is 36.1. The first-order chi connectivity index (χ1) is 17.5. The second kappa shape index (κ2) is 9.83. The molecular formula is C27H24N4O5. The van der Waals surface area contributed by atoms with Crippen molar-refractivity contribution >= 4 is 34.3 Å². The van der Waals surface area contributed by atoms with Crippen molar-refractivity contribution in [3.8, 4) is 17.4 Å². The number of imide groups is 1. The van der Waals surface area contributed by atoms with Gasteiger partial charge in [0.05, 0.1) is 0 Å². The number of benzene rings is 3. The van der Waals surface area contributed by atoms with Gasteiger partial charge in [-0.05, 0) is 48.4 Å². The van der Waals surface area contributed by atoms with Gasteiger partial charge in [-0.25, -0.2) is 4.79 Å². The first-order valence-electron chi connectivity index (χ1n) is 11.5. The molecule has 0 aliphatic carbocycles. The third-order valence-corrected chi connectivity index (χ3v) is 5.95. The number of nitrogens with one attached hydrogen (secondary N) is 3. The summed E-state index contributed by atoms with van der Waals surface area (Å²) in [5, 5.41) is 19.9. The van der Waals surface area contributed by atoms with E-state index in [1.165, 1.54) is 4.57 Å². The summed E-state index contributed by atoms with van der Waals surface area (Å²) >= 11 is 0. The molecule has 0 spiro atoms. The molecule has 0 radical (unpaired) electrons. The molecule has 36 heavy (non-hydrogen) atoms. The van der Waals surface area contributed by atoms with Crippen LogP contribution in [0.15, 0.2) is 79.0 Å². The molecular weight excluding hydrogens is 460 g/mol. The summed E-state index contributed by atoms with van der Waals surface area (Å²) in [5.41, 5.74) is 1.40. The summed E-state index contributed by atoms with van der Waals surface area (Å²) in [5.74, 6) is 0.527. The maximum Gasteiger partial charge on any atom is 0.319 e. The van der Waals surface area contributed by atoms with E-state index in [9.17, 15) is 19.5 Å². The number of amides is 4. The van der Waals surface area contributed by atoms with E-state index in [1.807, 2.05) is 42.5 Å². The number of hydrogen-bond acceptors (Lipinski definition) is 5. The van der Waals surface area contributed by atoms with E-state index in [0.717, 1.165) is 10.9 Å². The van der Waals surface area contributed by atoms with Gasteiger partial charge in [0, 0.05) is 41.7 Å². The topological polar surface area (TPSA) is 122 Å². The number of piperidine rings is 1. The van der Waals surface area contributed by atoms with Crippen molar-refractivity contribution in [1.82, 2.24) is 15.2 Å². The van der Waals surface area contributed by atoms with E-state index in [-0.39, 0.29) is 30.8 Å². The van der Waals surface area contributed by atoms with Crippen molar-refractivity contribution in [3.63, 3.8) is 0 Å². The van der Waals surface area contributed by atoms with E-state index in [0.29, 0.717) is 29.0 Å². The molecule has 1 aliphatic heterocycles. The molecule has 2 heterocycles. The number of fused-ring (bicyclic) bond motifs is 1. The van der Waals surface area contributed by atoms with E-state index >= 15 is 0 Å². The van der Waals surface area contributed by atoms with Crippen LogP contribution in [-0.2, 0) is 16.1 Å². The van der Waals surface area contributed by atoms with Gasteiger partial charge in [-0.15, -0.1) is 0 Å². The lowest BCUT2D eigenvalue weighted by atomic mass is 10.1. The van der Waals surface area contributed by atoms with Gasteiger partial charge in [0.1, 0.15) is 17.5 Å². The molecule has 9 heteroatoms. The van der Waals surface area contributed by atoms with E-state index < -0.39 is 11.9 Å². The Balaban J connectivity index is 1.22. The van der Waals surface area contributed by atoms with Gasteiger partial charge in [-0.3, -0.25) is 14.9 Å². The SMILES string of the molecule is O=C1CCC(n2cc3cc(CNC(=O)Nc4cccc(Oc5ccccc5)c4)ccc3c2O)C(=O)N1. The van der Waals surface area contributed by atoms with Crippen LogP contribution in [0, 0.1) is 0 Å². The van der Waals surface area contributed by atoms with Gasteiger partial charge in [0.2, 0.25) is 11.8 Å². The van der Waals surface area contributed by atoms with Crippen molar-refractivity contribution in [2.45, 2.75) is 25.4 Å². The molecule has 4 amide bonds. The van der Waals surface area contributed by atoms with Crippen molar-refractivity contribution in [2.24, 2.45) is 0 Å². The molecule has 1 aliphatic rings. The summed E-state index contributed by atoms with van der Waals surface area (Å²) in [7, 11) is 0. The number of nitrogens with zero attached hydrogens (tertiary/aromatic N) is 1. The number of carbonyl (C=O) groups excluding carboxylic acids is 3. The van der Waals surface area contributed by atoms with E-state index in [4.69, 9.17) is 4.74 Å². The Hall–Kier alpha value is -4.79. The number of rotatable bonds is 6. The van der Waals surface area contributed by atoms with Crippen LogP contribution in [0.1, 0.15) is 24.4 Å². The monoisotopic (exact) mass is 484 g/mol. The van der Waals surface area contributed by atoms with Crippen LogP contribution in [0.2, 0.25) is 0 Å². The van der Waals surface area contributed by atoms with Crippen molar-refractivity contribution in [2.75, 3.05) is 5.32 Å². The molecule has 1 atom stereocenters. The zero-order valence-electron chi connectivity index (χ0n) is 19.2. The molecule has 0 saturated carbocycles. The third-order valence-electron chi connectivity index (χ3n) is 5.95. The first-order valence-corrected chi connectivity index (χ1v) is 11.5. The predicted octanol–water partition coefficient (Wildman–Crippen LogP) is 4.44. The van der Waals surface area contributed by atoms with Crippen LogP contribution >= 0.6 is 0 Å². The Morgan fingerprint density at radius 1 is 1.03 bits per heavy atom. The maximum atomic E-state index is 12.5. The van der Waals surface area contributed by atoms with Gasteiger partial charge in [0.15, 0.2) is 5.88 Å². The smallest absolute Gasteiger partial charge is 0.319 e. The Morgan fingerprint density at radius 2 is 1.83 bits per heavy atom. The summed E-state index contributed by atoms with van der Waals surface area (Å²) in [6, 6.07) is 20.8. The molecule has 9 nitrogen and oxygen atoms in total. The molecule has 3 aromatic carbocycles. The Bertz CT molecular complexity index is 1450. The molecule has 1 unspecified atom stereocenters. The number of anilines is 1. The molecule has 1 fully saturated rings. The Labute approximate surface area is 206 Å². The van der Waals surface area contributed by atoms with Crippen molar-refractivity contribution in [3.05, 3.63) is 84.6 Å². The third kappa shape index (κ3) is 5.00. The van der Waals surface area contributed by atoms with Gasteiger partial charge < -0.3 is 25.0 Å². The minimum absolute atomic E-state index is 0.0330. The molecule has 1 aromatic heterocycles. The number of aromatic nitrogens is 1. The molecule has 0 bridgehead atoms. The number of para-hydroxylation sites is 1. The summed E-state index contributed by atoms with van der Waals surface area (Å²) in [6.45, 7) is 0.256. The van der Waals surface area contributed by atoms with Gasteiger partial charge in [-0.2, -0.15) is 0 Å². The molecule has 5 rings (SSSR count). The standard InChI is InChI=1S/C27H24N4O5/c32-24-12-11-23(25(33)30-24)31-16-18-13-17(9-10-22(18)26(31)34)15-28-27(35)29-19-5-4-8-21(14-19)36-20-6-2-1-3-7-20/h1-10,13-14,16,23,34H,11-12,15H2,(H2,28,29,35)(H,30,32,33). The van der Waals surface area contributed by atoms with Gasteiger partial charge >= 0.3 is 6.03 Å². The second-order valence-corrected chi connectivity index (χ2v) is 8.50. The number of carbonyl (C=O) groups is 3. The summed E-state index contributed by atoms with van der Waals surface area (Å²) in [6.07, 6.45) is 2.23. The molecule has 182 valence electrons. The fourth-order valence-electron chi connectivity index (χ4n) is 4.19. The van der Waals surface area contributed by atoms with E-state index in [2.05, 4.69) is 16.0 Å². The lowest BCUT2D eigenvalue weighted by Gasteiger charge is -2.22.